The van der Waals surface area contributed by atoms with E-state index in [4.69, 9.17) is 4.74 Å². The van der Waals surface area contributed by atoms with Gasteiger partial charge in [-0.1, -0.05) is 48.5 Å². The highest BCUT2D eigenvalue weighted by molar-refractivity contribution is 8.18. The van der Waals surface area contributed by atoms with E-state index < -0.39 is 4.92 Å². The summed E-state index contributed by atoms with van der Waals surface area (Å²) in [6.07, 6.45) is 1.66. The van der Waals surface area contributed by atoms with Gasteiger partial charge >= 0.3 is 0 Å². The van der Waals surface area contributed by atoms with Crippen molar-refractivity contribution < 1.29 is 19.2 Å². The molecule has 0 spiro atoms. The monoisotopic (exact) mass is 488 g/mol. The molecule has 2 N–H and O–H groups in total. The van der Waals surface area contributed by atoms with Crippen LogP contribution in [-0.2, 0) is 16.1 Å². The number of nitro benzene ring substituents is 1. The second kappa shape index (κ2) is 11.1. The number of amides is 2. The smallest absolute Gasteiger partial charge is 0.269 e. The number of ether oxygens (including phenoxy) is 1. The Labute approximate surface area is 205 Å². The molecule has 0 atom stereocenters. The van der Waals surface area contributed by atoms with Crippen LogP contribution in [0.25, 0.3) is 6.08 Å². The summed E-state index contributed by atoms with van der Waals surface area (Å²) in [5.41, 5.74) is 2.06. The standard InChI is InChI=1S/C25H20N4O5S/c30-23(26-15-17-6-2-1-3-7-17)16-34-21-9-5-4-8-18(21)14-22-24(31)28-25(35-22)27-19-10-12-20(13-11-19)29(32)33/h1-14H,15-16H2,(H,26,30)(H,27,28,31)/b22-14+. The van der Waals surface area contributed by atoms with E-state index in [9.17, 15) is 19.7 Å². The molecule has 9 nitrogen and oxygen atoms in total. The number of para-hydroxylation sites is 1. The molecule has 1 saturated heterocycles. The van der Waals surface area contributed by atoms with Crippen molar-refractivity contribution in [2.24, 2.45) is 4.99 Å². The van der Waals surface area contributed by atoms with E-state index in [1.54, 1.807) is 30.3 Å². The first kappa shape index (κ1) is 23.7. The zero-order valence-corrected chi connectivity index (χ0v) is 19.2. The minimum Gasteiger partial charge on any atom is -0.483 e. The fourth-order valence-corrected chi connectivity index (χ4v) is 3.94. The quantitative estimate of drug-likeness (QED) is 0.279. The average molecular weight is 489 g/mol. The van der Waals surface area contributed by atoms with Crippen molar-refractivity contribution >= 4 is 46.2 Å². The van der Waals surface area contributed by atoms with Gasteiger partial charge in [0, 0.05) is 24.2 Å². The van der Waals surface area contributed by atoms with Gasteiger partial charge in [0.05, 0.1) is 15.5 Å². The molecule has 1 heterocycles. The van der Waals surface area contributed by atoms with Crippen LogP contribution >= 0.6 is 11.8 Å². The fourth-order valence-electron chi connectivity index (χ4n) is 3.11. The van der Waals surface area contributed by atoms with E-state index in [1.807, 2.05) is 30.3 Å². The van der Waals surface area contributed by atoms with Crippen LogP contribution in [0.4, 0.5) is 11.4 Å². The van der Waals surface area contributed by atoms with Crippen molar-refractivity contribution in [1.29, 1.82) is 0 Å². The first-order chi connectivity index (χ1) is 17.0. The normalized spacial score (nSPS) is 15.1. The summed E-state index contributed by atoms with van der Waals surface area (Å²) in [5.74, 6) is -0.128. The summed E-state index contributed by atoms with van der Waals surface area (Å²) in [4.78, 5) is 39.7. The summed E-state index contributed by atoms with van der Waals surface area (Å²) in [7, 11) is 0. The SMILES string of the molecule is O=C(COc1ccccc1/C=C1/SC(=Nc2ccc([N+](=O)[O-])cc2)NC1=O)NCc1ccccc1. The van der Waals surface area contributed by atoms with Crippen molar-refractivity contribution in [3.8, 4) is 5.75 Å². The molecule has 0 bridgehead atoms. The van der Waals surface area contributed by atoms with E-state index in [2.05, 4.69) is 15.6 Å². The van der Waals surface area contributed by atoms with Crippen LogP contribution in [0, 0.1) is 10.1 Å². The molecule has 0 radical (unpaired) electrons. The van der Waals surface area contributed by atoms with Crippen LogP contribution in [0.1, 0.15) is 11.1 Å². The zero-order valence-electron chi connectivity index (χ0n) is 18.3. The Balaban J connectivity index is 1.40. The molecule has 176 valence electrons. The maximum Gasteiger partial charge on any atom is 0.269 e. The first-order valence-electron chi connectivity index (χ1n) is 10.5. The van der Waals surface area contributed by atoms with E-state index in [1.165, 1.54) is 24.3 Å². The van der Waals surface area contributed by atoms with Gasteiger partial charge in [-0.15, -0.1) is 0 Å². The van der Waals surface area contributed by atoms with Gasteiger partial charge in [-0.05, 0) is 41.6 Å². The van der Waals surface area contributed by atoms with Crippen molar-refractivity contribution in [2.45, 2.75) is 6.54 Å². The molecule has 1 fully saturated rings. The predicted molar refractivity (Wildman–Crippen MR) is 134 cm³/mol. The van der Waals surface area contributed by atoms with Crippen molar-refractivity contribution in [2.75, 3.05) is 6.61 Å². The number of hydrogen-bond donors (Lipinski definition) is 2. The average Bonchev–Trinajstić information content (AvgIpc) is 3.21. The Bertz CT molecular complexity index is 1310. The lowest BCUT2D eigenvalue weighted by Crippen LogP contribution is -2.28. The molecule has 10 heteroatoms. The fraction of sp³-hybridized carbons (Fsp3) is 0.0800. The second-order valence-electron chi connectivity index (χ2n) is 7.34. The number of benzene rings is 3. The van der Waals surface area contributed by atoms with Crippen molar-refractivity contribution in [1.82, 2.24) is 10.6 Å². The topological polar surface area (TPSA) is 123 Å². The zero-order chi connectivity index (χ0) is 24.6. The lowest BCUT2D eigenvalue weighted by atomic mass is 10.2. The van der Waals surface area contributed by atoms with Crippen molar-refractivity contribution in [3.63, 3.8) is 0 Å². The number of hydrogen-bond acceptors (Lipinski definition) is 7. The Morgan fingerprint density at radius 3 is 2.51 bits per heavy atom. The third kappa shape index (κ3) is 6.55. The van der Waals surface area contributed by atoms with Gasteiger partial charge in [0.1, 0.15) is 5.75 Å². The molecule has 0 aliphatic carbocycles. The van der Waals surface area contributed by atoms with Crippen LogP contribution in [0.15, 0.2) is 88.8 Å². The molecule has 0 aromatic heterocycles. The molecular formula is C25H20N4O5S. The summed E-state index contributed by atoms with van der Waals surface area (Å²) in [6, 6.07) is 22.4. The van der Waals surface area contributed by atoms with Gasteiger partial charge in [-0.25, -0.2) is 4.99 Å². The number of amidine groups is 1. The third-order valence-corrected chi connectivity index (χ3v) is 5.75. The number of carbonyl (C=O) groups is 2. The summed E-state index contributed by atoms with van der Waals surface area (Å²) in [5, 5.41) is 16.6. The van der Waals surface area contributed by atoms with Crippen LogP contribution in [0.2, 0.25) is 0 Å². The number of rotatable bonds is 8. The second-order valence-corrected chi connectivity index (χ2v) is 8.37. The highest BCUT2D eigenvalue weighted by Crippen LogP contribution is 2.31. The summed E-state index contributed by atoms with van der Waals surface area (Å²) >= 11 is 1.14. The molecule has 3 aromatic carbocycles. The number of nitrogens with zero attached hydrogens (tertiary/aromatic N) is 2. The number of nitro groups is 1. The maximum atomic E-state index is 12.4. The Kier molecular flexibility index (Phi) is 7.53. The van der Waals surface area contributed by atoms with Crippen LogP contribution in [-0.4, -0.2) is 28.5 Å². The number of nitrogens with one attached hydrogen (secondary N) is 2. The molecule has 4 rings (SSSR count). The molecule has 1 aliphatic heterocycles. The molecule has 3 aromatic rings. The number of thioether (sulfide) groups is 1. The Morgan fingerprint density at radius 1 is 1.06 bits per heavy atom. The minimum absolute atomic E-state index is 0.0389. The van der Waals surface area contributed by atoms with Gasteiger partial charge in [-0.3, -0.25) is 19.7 Å². The largest absolute Gasteiger partial charge is 0.483 e. The highest BCUT2D eigenvalue weighted by Gasteiger charge is 2.24. The number of aliphatic imine (C=N–C) groups is 1. The van der Waals surface area contributed by atoms with Crippen LogP contribution < -0.4 is 15.4 Å². The van der Waals surface area contributed by atoms with E-state index in [0.29, 0.717) is 33.6 Å². The van der Waals surface area contributed by atoms with E-state index >= 15 is 0 Å². The number of non-ortho nitro benzene ring substituents is 1. The molecule has 1 aliphatic rings. The van der Waals surface area contributed by atoms with Gasteiger partial charge in [0.25, 0.3) is 17.5 Å². The number of carbonyl (C=O) groups excluding carboxylic acids is 2. The molecule has 0 saturated carbocycles. The van der Waals surface area contributed by atoms with E-state index in [0.717, 1.165) is 17.3 Å². The third-order valence-electron chi connectivity index (χ3n) is 4.84. The molecule has 2 amide bonds. The molecular weight excluding hydrogens is 468 g/mol. The minimum atomic E-state index is -0.490. The Hall–Kier alpha value is -4.44. The van der Waals surface area contributed by atoms with Gasteiger partial charge in [0.15, 0.2) is 11.8 Å². The summed E-state index contributed by atoms with van der Waals surface area (Å²) < 4.78 is 5.70. The molecule has 35 heavy (non-hydrogen) atoms. The lowest BCUT2D eigenvalue weighted by Gasteiger charge is -2.10. The van der Waals surface area contributed by atoms with E-state index in [-0.39, 0.29) is 24.1 Å². The van der Waals surface area contributed by atoms with Crippen LogP contribution in [0.3, 0.4) is 0 Å². The van der Waals surface area contributed by atoms with Gasteiger partial charge in [-0.2, -0.15) is 0 Å². The van der Waals surface area contributed by atoms with Gasteiger partial charge in [0.2, 0.25) is 0 Å². The lowest BCUT2D eigenvalue weighted by molar-refractivity contribution is -0.384. The molecule has 0 unspecified atom stereocenters. The first-order valence-corrected chi connectivity index (χ1v) is 11.4. The Morgan fingerprint density at radius 2 is 1.77 bits per heavy atom. The highest BCUT2D eigenvalue weighted by atomic mass is 32.2. The maximum absolute atomic E-state index is 12.4. The van der Waals surface area contributed by atoms with Gasteiger partial charge < -0.3 is 15.4 Å². The summed E-state index contributed by atoms with van der Waals surface area (Å²) in [6.45, 7) is 0.238. The predicted octanol–water partition coefficient (Wildman–Crippen LogP) is 4.18. The van der Waals surface area contributed by atoms with Crippen LogP contribution in [0.5, 0.6) is 5.75 Å². The van der Waals surface area contributed by atoms with Crippen molar-refractivity contribution in [3.05, 3.63) is 105 Å².